The molecule has 0 amide bonds. The predicted molar refractivity (Wildman–Crippen MR) is 81.1 cm³/mol. The van der Waals surface area contributed by atoms with Gasteiger partial charge in [0.2, 0.25) is 0 Å². The highest BCUT2D eigenvalue weighted by Crippen LogP contribution is 2.27. The summed E-state index contributed by atoms with van der Waals surface area (Å²) in [6.07, 6.45) is 0.978. The first kappa shape index (κ1) is 14.2. The topological polar surface area (TPSA) is 47.3 Å². The van der Waals surface area contributed by atoms with E-state index in [0.29, 0.717) is 23.5 Å². The van der Waals surface area contributed by atoms with Crippen molar-refractivity contribution in [1.29, 1.82) is 0 Å². The summed E-state index contributed by atoms with van der Waals surface area (Å²) in [4.78, 5) is 0. The summed E-state index contributed by atoms with van der Waals surface area (Å²) in [6, 6.07) is 10.6. The first-order valence-electron chi connectivity index (χ1n) is 6.65. The van der Waals surface area contributed by atoms with E-state index in [9.17, 15) is 4.39 Å². The van der Waals surface area contributed by atoms with Gasteiger partial charge in [-0.2, -0.15) is 0 Å². The Balaban J connectivity index is 2.12. The van der Waals surface area contributed by atoms with Crippen molar-refractivity contribution >= 4 is 17.1 Å². The van der Waals surface area contributed by atoms with E-state index in [0.717, 1.165) is 17.9 Å². The van der Waals surface area contributed by atoms with E-state index in [4.69, 9.17) is 10.5 Å². The van der Waals surface area contributed by atoms with Crippen molar-refractivity contribution in [3.63, 3.8) is 0 Å². The minimum absolute atomic E-state index is 0.295. The molecule has 0 aliphatic heterocycles. The number of benzene rings is 2. The normalized spacial score (nSPS) is 10.3. The van der Waals surface area contributed by atoms with E-state index < -0.39 is 0 Å². The van der Waals surface area contributed by atoms with Crippen molar-refractivity contribution in [2.45, 2.75) is 20.3 Å². The fourth-order valence-corrected chi connectivity index (χ4v) is 1.82. The highest BCUT2D eigenvalue weighted by Gasteiger charge is 2.05. The maximum absolute atomic E-state index is 13.3. The van der Waals surface area contributed by atoms with Crippen molar-refractivity contribution in [3.8, 4) is 5.75 Å². The standard InChI is InChI=1S/C16H19FN2O/c1-3-8-20-13-6-4-12(5-7-13)19-16-9-11(2)14(17)10-15(16)18/h4-7,9-10,19H,3,8,18H2,1-2H3. The zero-order valence-electron chi connectivity index (χ0n) is 11.7. The molecule has 106 valence electrons. The second-order valence-electron chi connectivity index (χ2n) is 4.69. The van der Waals surface area contributed by atoms with Crippen LogP contribution in [-0.4, -0.2) is 6.61 Å². The van der Waals surface area contributed by atoms with E-state index in [2.05, 4.69) is 12.2 Å². The van der Waals surface area contributed by atoms with Crippen LogP contribution >= 0.6 is 0 Å². The molecule has 0 aliphatic rings. The van der Waals surface area contributed by atoms with Crippen molar-refractivity contribution < 1.29 is 9.13 Å². The molecule has 0 spiro atoms. The number of ether oxygens (including phenoxy) is 1. The zero-order valence-corrected chi connectivity index (χ0v) is 11.7. The van der Waals surface area contributed by atoms with Crippen molar-refractivity contribution in [2.24, 2.45) is 0 Å². The van der Waals surface area contributed by atoms with E-state index in [1.165, 1.54) is 6.07 Å². The number of nitrogens with two attached hydrogens (primary N) is 1. The van der Waals surface area contributed by atoms with Gasteiger partial charge in [0, 0.05) is 5.69 Å². The molecule has 3 N–H and O–H groups in total. The fourth-order valence-electron chi connectivity index (χ4n) is 1.82. The molecule has 0 fully saturated rings. The number of rotatable bonds is 5. The molecule has 4 heteroatoms. The summed E-state index contributed by atoms with van der Waals surface area (Å²) in [5.74, 6) is 0.539. The van der Waals surface area contributed by atoms with E-state index in [1.807, 2.05) is 24.3 Å². The zero-order chi connectivity index (χ0) is 14.5. The molecule has 0 aliphatic carbocycles. The third-order valence-corrected chi connectivity index (χ3v) is 2.94. The molecule has 2 aromatic rings. The summed E-state index contributed by atoms with van der Waals surface area (Å²) in [7, 11) is 0. The summed E-state index contributed by atoms with van der Waals surface area (Å²) >= 11 is 0. The van der Waals surface area contributed by atoms with E-state index >= 15 is 0 Å². The van der Waals surface area contributed by atoms with Crippen molar-refractivity contribution in [1.82, 2.24) is 0 Å². The average molecular weight is 274 g/mol. The van der Waals surface area contributed by atoms with Gasteiger partial charge in [-0.15, -0.1) is 0 Å². The van der Waals surface area contributed by atoms with Gasteiger partial charge in [-0.05, 0) is 55.3 Å². The molecule has 0 heterocycles. The highest BCUT2D eigenvalue weighted by atomic mass is 19.1. The summed E-state index contributed by atoms with van der Waals surface area (Å²) < 4.78 is 18.9. The smallest absolute Gasteiger partial charge is 0.128 e. The van der Waals surface area contributed by atoms with Gasteiger partial charge in [-0.3, -0.25) is 0 Å². The van der Waals surface area contributed by atoms with E-state index in [1.54, 1.807) is 13.0 Å². The molecule has 3 nitrogen and oxygen atoms in total. The lowest BCUT2D eigenvalue weighted by atomic mass is 10.1. The van der Waals surface area contributed by atoms with Gasteiger partial charge in [0.25, 0.3) is 0 Å². The quantitative estimate of drug-likeness (QED) is 0.801. The predicted octanol–water partition coefficient (Wildman–Crippen LogP) is 4.25. The molecule has 0 saturated carbocycles. The Bertz CT molecular complexity index is 582. The molecule has 2 rings (SSSR count). The van der Waals surface area contributed by atoms with Crippen molar-refractivity contribution in [2.75, 3.05) is 17.7 Å². The third kappa shape index (κ3) is 3.41. The first-order chi connectivity index (χ1) is 9.60. The lowest BCUT2D eigenvalue weighted by molar-refractivity contribution is 0.317. The molecule has 0 saturated heterocycles. The average Bonchev–Trinajstić information content (AvgIpc) is 2.44. The molecule has 20 heavy (non-hydrogen) atoms. The van der Waals surface area contributed by atoms with Gasteiger partial charge in [0.05, 0.1) is 18.0 Å². The summed E-state index contributed by atoms with van der Waals surface area (Å²) in [6.45, 7) is 4.48. The SMILES string of the molecule is CCCOc1ccc(Nc2cc(C)c(F)cc2N)cc1. The number of halogens is 1. The Morgan fingerprint density at radius 3 is 2.55 bits per heavy atom. The van der Waals surface area contributed by atoms with Crippen LogP contribution < -0.4 is 15.8 Å². The van der Waals surface area contributed by atoms with Crippen LogP contribution in [-0.2, 0) is 0 Å². The first-order valence-corrected chi connectivity index (χ1v) is 6.65. The molecular weight excluding hydrogens is 255 g/mol. The number of hydrogen-bond donors (Lipinski definition) is 2. The molecule has 0 unspecified atom stereocenters. The van der Waals surface area contributed by atoms with Crippen LogP contribution in [0.25, 0.3) is 0 Å². The van der Waals surface area contributed by atoms with Crippen LogP contribution in [0.1, 0.15) is 18.9 Å². The lowest BCUT2D eigenvalue weighted by Crippen LogP contribution is -1.99. The van der Waals surface area contributed by atoms with Crippen LogP contribution in [0.4, 0.5) is 21.5 Å². The van der Waals surface area contributed by atoms with Crippen molar-refractivity contribution in [3.05, 3.63) is 47.8 Å². The lowest BCUT2D eigenvalue weighted by Gasteiger charge is -2.12. The summed E-state index contributed by atoms with van der Waals surface area (Å²) in [5, 5.41) is 3.18. The second-order valence-corrected chi connectivity index (χ2v) is 4.69. The molecule has 0 aromatic heterocycles. The Kier molecular flexibility index (Phi) is 4.45. The highest BCUT2D eigenvalue weighted by molar-refractivity contribution is 5.73. The number of nitrogen functional groups attached to an aromatic ring is 1. The maximum atomic E-state index is 13.3. The third-order valence-electron chi connectivity index (χ3n) is 2.94. The monoisotopic (exact) mass is 274 g/mol. The Hall–Kier alpha value is -2.23. The van der Waals surface area contributed by atoms with Crippen LogP contribution in [0.15, 0.2) is 36.4 Å². The van der Waals surface area contributed by atoms with Crippen LogP contribution in [0, 0.1) is 12.7 Å². The molecule has 2 aromatic carbocycles. The Labute approximate surface area is 118 Å². The van der Waals surface area contributed by atoms with Gasteiger partial charge < -0.3 is 15.8 Å². The molecular formula is C16H19FN2O. The van der Waals surface area contributed by atoms with Gasteiger partial charge in [-0.25, -0.2) is 4.39 Å². The minimum atomic E-state index is -0.295. The van der Waals surface area contributed by atoms with E-state index in [-0.39, 0.29) is 5.82 Å². The van der Waals surface area contributed by atoms with Crippen LogP contribution in [0.5, 0.6) is 5.75 Å². The van der Waals surface area contributed by atoms with Crippen LogP contribution in [0.2, 0.25) is 0 Å². The van der Waals surface area contributed by atoms with Gasteiger partial charge in [0.15, 0.2) is 0 Å². The van der Waals surface area contributed by atoms with Gasteiger partial charge in [-0.1, -0.05) is 6.92 Å². The fraction of sp³-hybridized carbons (Fsp3) is 0.250. The maximum Gasteiger partial charge on any atom is 0.128 e. The number of nitrogens with one attached hydrogen (secondary N) is 1. The van der Waals surface area contributed by atoms with Gasteiger partial charge >= 0.3 is 0 Å². The van der Waals surface area contributed by atoms with Crippen LogP contribution in [0.3, 0.4) is 0 Å². The molecule has 0 radical (unpaired) electrons. The number of aryl methyl sites for hydroxylation is 1. The molecule has 0 bridgehead atoms. The summed E-state index contributed by atoms with van der Waals surface area (Å²) in [5.41, 5.74) is 8.34. The Morgan fingerprint density at radius 2 is 1.90 bits per heavy atom. The number of hydrogen-bond acceptors (Lipinski definition) is 3. The van der Waals surface area contributed by atoms with Gasteiger partial charge in [0.1, 0.15) is 11.6 Å². The number of anilines is 3. The molecule has 0 atom stereocenters. The second kappa shape index (κ2) is 6.28. The minimum Gasteiger partial charge on any atom is -0.494 e. The Morgan fingerprint density at radius 1 is 1.20 bits per heavy atom. The largest absolute Gasteiger partial charge is 0.494 e.